The van der Waals surface area contributed by atoms with E-state index in [1.807, 2.05) is 12.1 Å². The van der Waals surface area contributed by atoms with Crippen molar-refractivity contribution in [3.8, 4) is 44.5 Å². The second-order valence-corrected chi connectivity index (χ2v) is 16.8. The maximum atomic E-state index is 6.43. The first-order valence-electron chi connectivity index (χ1n) is 22.2. The molecule has 0 amide bonds. The lowest BCUT2D eigenvalue weighted by molar-refractivity contribution is 0.669. The van der Waals surface area contributed by atoms with Crippen LogP contribution in [-0.2, 0) is 0 Å². The summed E-state index contributed by atoms with van der Waals surface area (Å²) in [5.74, 6) is 0. The third-order valence-corrected chi connectivity index (χ3v) is 13.1. The molecule has 0 spiro atoms. The Kier molecular flexibility index (Phi) is 8.53. The molecule has 0 radical (unpaired) electrons. The van der Waals surface area contributed by atoms with Gasteiger partial charge in [0.05, 0.1) is 16.6 Å². The van der Waals surface area contributed by atoms with E-state index in [-0.39, 0.29) is 0 Å². The van der Waals surface area contributed by atoms with Crippen LogP contribution in [0.5, 0.6) is 0 Å². The van der Waals surface area contributed by atoms with Gasteiger partial charge in [-0.15, -0.1) is 0 Å². The molecule has 65 heavy (non-hydrogen) atoms. The predicted molar refractivity (Wildman–Crippen MR) is 274 cm³/mol. The summed E-state index contributed by atoms with van der Waals surface area (Å²) in [6.45, 7) is 0. The second-order valence-electron chi connectivity index (χ2n) is 16.8. The van der Waals surface area contributed by atoms with Crippen molar-refractivity contribution < 1.29 is 4.42 Å². The van der Waals surface area contributed by atoms with Gasteiger partial charge < -0.3 is 13.7 Å². The number of pyridine rings is 1. The van der Waals surface area contributed by atoms with E-state index < -0.39 is 0 Å². The SMILES string of the molecule is c1ccc(-c2cccc(N(c3cccc(-c4ccc(-c5cccc6c5c5ccccc5c5c(-c7ccccc7)c7ccccc7n65)cc4)c3)c3ccc4c(c3)oc3ccccc34)c2)cc1. The summed E-state index contributed by atoms with van der Waals surface area (Å²) < 4.78 is 8.92. The Morgan fingerprint density at radius 3 is 1.57 bits per heavy atom. The Labute approximate surface area is 376 Å². The van der Waals surface area contributed by atoms with Crippen LogP contribution in [0.4, 0.5) is 17.1 Å². The monoisotopic (exact) mass is 828 g/mol. The fourth-order valence-electron chi connectivity index (χ4n) is 10.2. The molecule has 0 saturated carbocycles. The van der Waals surface area contributed by atoms with Crippen LogP contribution in [0.3, 0.4) is 0 Å². The van der Waals surface area contributed by atoms with Gasteiger partial charge in [0.2, 0.25) is 0 Å². The van der Waals surface area contributed by atoms with E-state index in [4.69, 9.17) is 4.42 Å². The van der Waals surface area contributed by atoms with E-state index in [1.165, 1.54) is 65.9 Å². The van der Waals surface area contributed by atoms with Crippen molar-refractivity contribution >= 4 is 77.1 Å². The molecule has 3 aromatic heterocycles. The van der Waals surface area contributed by atoms with Gasteiger partial charge in [0.15, 0.2) is 0 Å². The molecule has 0 aliphatic carbocycles. The van der Waals surface area contributed by atoms with Gasteiger partial charge in [0, 0.05) is 55.6 Å². The number of nitrogens with zero attached hydrogens (tertiary/aromatic N) is 2. The molecule has 3 heterocycles. The zero-order valence-electron chi connectivity index (χ0n) is 35.4. The highest BCUT2D eigenvalue weighted by Crippen LogP contribution is 2.45. The van der Waals surface area contributed by atoms with Crippen molar-refractivity contribution in [3.05, 3.63) is 243 Å². The fraction of sp³-hybridized carbons (Fsp3) is 0. The second kappa shape index (κ2) is 15.0. The summed E-state index contributed by atoms with van der Waals surface area (Å²) in [5.41, 5.74) is 18.1. The highest BCUT2D eigenvalue weighted by molar-refractivity contribution is 6.24. The smallest absolute Gasteiger partial charge is 0.137 e. The quantitative estimate of drug-likeness (QED) is 0.149. The Bertz CT molecular complexity index is 3940. The Balaban J connectivity index is 0.939. The third kappa shape index (κ3) is 6.05. The maximum absolute atomic E-state index is 6.43. The molecule has 0 aliphatic rings. The molecule has 0 fully saturated rings. The largest absolute Gasteiger partial charge is 0.456 e. The van der Waals surface area contributed by atoms with Gasteiger partial charge >= 0.3 is 0 Å². The number of rotatable bonds is 7. The molecule has 0 bridgehead atoms. The molecule has 0 unspecified atom stereocenters. The summed E-state index contributed by atoms with van der Waals surface area (Å²) >= 11 is 0. The number of furan rings is 1. The van der Waals surface area contributed by atoms with Gasteiger partial charge in [0.25, 0.3) is 0 Å². The minimum atomic E-state index is 0.864. The molecule has 0 aliphatic heterocycles. The molecule has 3 heteroatoms. The van der Waals surface area contributed by atoms with Gasteiger partial charge in [-0.05, 0) is 98.9 Å². The normalized spacial score (nSPS) is 11.7. The van der Waals surface area contributed by atoms with Crippen LogP contribution in [-0.4, -0.2) is 4.40 Å². The minimum Gasteiger partial charge on any atom is -0.456 e. The van der Waals surface area contributed by atoms with Crippen LogP contribution in [0.15, 0.2) is 247 Å². The number of benzene rings is 10. The first-order chi connectivity index (χ1) is 32.2. The van der Waals surface area contributed by atoms with Crippen LogP contribution in [0.2, 0.25) is 0 Å². The van der Waals surface area contributed by atoms with Crippen LogP contribution in [0, 0.1) is 0 Å². The molecule has 10 aromatic carbocycles. The van der Waals surface area contributed by atoms with Crippen molar-refractivity contribution in [2.24, 2.45) is 0 Å². The summed E-state index contributed by atoms with van der Waals surface area (Å²) in [6, 6.07) is 87.6. The number of aromatic nitrogens is 1. The highest BCUT2D eigenvalue weighted by Gasteiger charge is 2.21. The molecule has 3 nitrogen and oxygen atoms in total. The molecule has 13 rings (SSSR count). The summed E-state index contributed by atoms with van der Waals surface area (Å²) in [5, 5.41) is 7.23. The first kappa shape index (κ1) is 36.9. The average molecular weight is 829 g/mol. The lowest BCUT2D eigenvalue weighted by Gasteiger charge is -2.26. The predicted octanol–water partition coefficient (Wildman–Crippen LogP) is 17.4. The maximum Gasteiger partial charge on any atom is 0.137 e. The van der Waals surface area contributed by atoms with Crippen LogP contribution < -0.4 is 4.90 Å². The van der Waals surface area contributed by atoms with Gasteiger partial charge in [-0.2, -0.15) is 0 Å². The number of para-hydroxylation sites is 2. The van der Waals surface area contributed by atoms with Gasteiger partial charge in [0.1, 0.15) is 11.2 Å². The van der Waals surface area contributed by atoms with Crippen LogP contribution in [0.25, 0.3) is 105 Å². The third-order valence-electron chi connectivity index (χ3n) is 13.1. The van der Waals surface area contributed by atoms with E-state index in [1.54, 1.807) is 0 Å². The molecule has 304 valence electrons. The lowest BCUT2D eigenvalue weighted by atomic mass is 9.93. The van der Waals surface area contributed by atoms with Crippen molar-refractivity contribution in [1.82, 2.24) is 4.40 Å². The molecule has 0 atom stereocenters. The summed E-state index contributed by atoms with van der Waals surface area (Å²) in [4.78, 5) is 2.34. The zero-order valence-corrected chi connectivity index (χ0v) is 35.4. The van der Waals surface area contributed by atoms with Crippen molar-refractivity contribution in [1.29, 1.82) is 0 Å². The van der Waals surface area contributed by atoms with Gasteiger partial charge in [-0.1, -0.05) is 182 Å². The molecule has 13 aromatic rings. The van der Waals surface area contributed by atoms with E-state index in [0.717, 1.165) is 55.7 Å². The molecular weight excluding hydrogens is 789 g/mol. The van der Waals surface area contributed by atoms with Crippen molar-refractivity contribution in [2.45, 2.75) is 0 Å². The summed E-state index contributed by atoms with van der Waals surface area (Å²) in [7, 11) is 0. The topological polar surface area (TPSA) is 20.8 Å². The molecule has 0 N–H and O–H groups in total. The highest BCUT2D eigenvalue weighted by atomic mass is 16.3. The zero-order chi connectivity index (χ0) is 42.8. The molecular formula is C62H40N2O. The number of fused-ring (bicyclic) bond motifs is 11. The number of hydrogen-bond donors (Lipinski definition) is 0. The molecule has 0 saturated heterocycles. The van der Waals surface area contributed by atoms with Crippen LogP contribution in [0.1, 0.15) is 0 Å². The lowest BCUT2D eigenvalue weighted by Crippen LogP contribution is -2.10. The van der Waals surface area contributed by atoms with E-state index in [9.17, 15) is 0 Å². The Hall–Kier alpha value is -8.66. The number of hydrogen-bond acceptors (Lipinski definition) is 2. The van der Waals surface area contributed by atoms with E-state index >= 15 is 0 Å². The number of anilines is 3. The van der Waals surface area contributed by atoms with Crippen molar-refractivity contribution in [2.75, 3.05) is 4.90 Å². The average Bonchev–Trinajstić information content (AvgIpc) is 3.93. The first-order valence-corrected chi connectivity index (χ1v) is 22.2. The van der Waals surface area contributed by atoms with E-state index in [2.05, 4.69) is 240 Å². The minimum absolute atomic E-state index is 0.864. The Morgan fingerprint density at radius 1 is 0.308 bits per heavy atom. The van der Waals surface area contributed by atoms with Crippen LogP contribution >= 0.6 is 0 Å². The standard InChI is InChI=1S/C62H40N2O/c1-3-16-41(17-4-1)45-20-13-22-47(38-45)63(49-36-37-52-51-24-10-12-31-58(51)65-59(52)40-49)48-23-14-21-46(39-48)42-32-34-43(35-33-42)50-28-15-30-57-61(50)53-25-7-8-26-54(53)62-60(44-18-5-2-6-19-44)55-27-9-11-29-56(55)64(57)62/h1-40H. The van der Waals surface area contributed by atoms with Gasteiger partial charge in [-0.25, -0.2) is 0 Å². The van der Waals surface area contributed by atoms with Crippen molar-refractivity contribution in [3.63, 3.8) is 0 Å². The fourth-order valence-corrected chi connectivity index (χ4v) is 10.2. The van der Waals surface area contributed by atoms with E-state index in [0.29, 0.717) is 0 Å². The Morgan fingerprint density at radius 2 is 0.831 bits per heavy atom. The van der Waals surface area contributed by atoms with Gasteiger partial charge in [-0.3, -0.25) is 0 Å². The summed E-state index contributed by atoms with van der Waals surface area (Å²) in [6.07, 6.45) is 0.